The van der Waals surface area contributed by atoms with Crippen molar-refractivity contribution < 1.29 is 14.0 Å². The second kappa shape index (κ2) is 8.64. The first kappa shape index (κ1) is 21.1. The molecule has 0 fully saturated rings. The minimum atomic E-state index is -0.369. The van der Waals surface area contributed by atoms with E-state index in [0.717, 1.165) is 21.7 Å². The van der Waals surface area contributed by atoms with Gasteiger partial charge in [0, 0.05) is 34.7 Å². The summed E-state index contributed by atoms with van der Waals surface area (Å²) in [5.41, 5.74) is 10.1. The van der Waals surface area contributed by atoms with Crippen LogP contribution in [0.4, 0.5) is 15.8 Å². The number of hydrogen-bond acceptors (Lipinski definition) is 4. The van der Waals surface area contributed by atoms with Crippen LogP contribution in [0.2, 0.25) is 0 Å². The highest BCUT2D eigenvalue weighted by atomic mass is 32.1. The van der Waals surface area contributed by atoms with E-state index in [2.05, 4.69) is 0 Å². The average molecular weight is 457 g/mol. The van der Waals surface area contributed by atoms with Crippen molar-refractivity contribution in [1.29, 1.82) is 0 Å². The van der Waals surface area contributed by atoms with Gasteiger partial charge in [-0.2, -0.15) is 0 Å². The third-order valence-electron chi connectivity index (χ3n) is 5.84. The summed E-state index contributed by atoms with van der Waals surface area (Å²) < 4.78 is 14.0. The molecule has 0 bridgehead atoms. The molecule has 3 aromatic carbocycles. The molecule has 5 rings (SSSR count). The van der Waals surface area contributed by atoms with Crippen molar-refractivity contribution in [3.05, 3.63) is 106 Å². The lowest BCUT2D eigenvalue weighted by atomic mass is 10.0. The van der Waals surface area contributed by atoms with Crippen LogP contribution in [0.25, 0.3) is 10.4 Å². The first-order valence-corrected chi connectivity index (χ1v) is 11.5. The molecule has 4 nitrogen and oxygen atoms in total. The number of nitrogens with zero attached hydrogens (tertiary/aromatic N) is 1. The largest absolute Gasteiger partial charge is 0.399 e. The minimum Gasteiger partial charge on any atom is -0.399 e. The van der Waals surface area contributed by atoms with E-state index in [1.54, 1.807) is 47.4 Å². The summed E-state index contributed by atoms with van der Waals surface area (Å²) in [6, 6.07) is 22.9. The second-order valence-electron chi connectivity index (χ2n) is 8.00. The van der Waals surface area contributed by atoms with Crippen molar-refractivity contribution in [3.63, 3.8) is 0 Å². The molecule has 0 spiro atoms. The minimum absolute atomic E-state index is 0.0233. The SMILES string of the molecule is Nc1ccc(C(=O)N2CCc3cc(C(=O)Cc4ccccc4F)sc3-c3ccccc32)cc1. The normalized spacial score (nSPS) is 12.6. The van der Waals surface area contributed by atoms with Crippen LogP contribution in [0.5, 0.6) is 0 Å². The highest BCUT2D eigenvalue weighted by molar-refractivity contribution is 7.17. The van der Waals surface area contributed by atoms with E-state index in [9.17, 15) is 14.0 Å². The molecule has 0 saturated heterocycles. The number of carbonyl (C=O) groups is 2. The molecular formula is C27H21FN2O2S. The lowest BCUT2D eigenvalue weighted by Crippen LogP contribution is -2.32. The highest BCUT2D eigenvalue weighted by Gasteiger charge is 2.27. The molecule has 4 aromatic rings. The third-order valence-corrected chi connectivity index (χ3v) is 7.09. The number of carbonyl (C=O) groups excluding carboxylic acids is 2. The van der Waals surface area contributed by atoms with Gasteiger partial charge in [-0.05, 0) is 60.0 Å². The molecular weight excluding hydrogens is 435 g/mol. The van der Waals surface area contributed by atoms with Crippen molar-refractivity contribution in [3.8, 4) is 10.4 Å². The fourth-order valence-corrected chi connectivity index (χ4v) is 5.31. The van der Waals surface area contributed by atoms with Gasteiger partial charge in [0.05, 0.1) is 10.6 Å². The van der Waals surface area contributed by atoms with Crippen molar-refractivity contribution in [2.24, 2.45) is 0 Å². The number of amides is 1. The number of ketones is 1. The molecule has 2 heterocycles. The molecule has 33 heavy (non-hydrogen) atoms. The van der Waals surface area contributed by atoms with Gasteiger partial charge in [-0.15, -0.1) is 11.3 Å². The molecule has 1 amide bonds. The number of halogens is 1. The lowest BCUT2D eigenvalue weighted by Gasteiger charge is -2.23. The standard InChI is InChI=1S/C27H21FN2O2S/c28-22-7-3-1-5-18(22)15-24(31)25-16-19-13-14-30(27(32)17-9-11-20(29)12-10-17)23-8-4-2-6-21(23)26(19)33-25/h1-12,16H,13-15,29H2. The number of nitrogen functional groups attached to an aromatic ring is 1. The highest BCUT2D eigenvalue weighted by Crippen LogP contribution is 2.42. The van der Waals surface area contributed by atoms with Crippen LogP contribution in [0.15, 0.2) is 78.9 Å². The predicted octanol–water partition coefficient (Wildman–Crippen LogP) is 5.76. The molecule has 0 unspecified atom stereocenters. The number of benzene rings is 3. The zero-order valence-corrected chi connectivity index (χ0v) is 18.6. The van der Waals surface area contributed by atoms with Gasteiger partial charge in [0.1, 0.15) is 5.82 Å². The van der Waals surface area contributed by atoms with Crippen LogP contribution in [0.3, 0.4) is 0 Å². The van der Waals surface area contributed by atoms with Gasteiger partial charge < -0.3 is 10.6 Å². The van der Waals surface area contributed by atoms with E-state index in [1.165, 1.54) is 17.4 Å². The summed E-state index contributed by atoms with van der Waals surface area (Å²) in [6.45, 7) is 0.491. The fraction of sp³-hybridized carbons (Fsp3) is 0.111. The van der Waals surface area contributed by atoms with E-state index in [-0.39, 0.29) is 23.9 Å². The number of rotatable bonds is 4. The van der Waals surface area contributed by atoms with Crippen LogP contribution in [0, 0.1) is 5.82 Å². The molecule has 1 aliphatic heterocycles. The predicted molar refractivity (Wildman–Crippen MR) is 130 cm³/mol. The van der Waals surface area contributed by atoms with E-state index < -0.39 is 0 Å². The molecule has 1 aliphatic rings. The van der Waals surface area contributed by atoms with Gasteiger partial charge in [0.25, 0.3) is 5.91 Å². The molecule has 0 radical (unpaired) electrons. The first-order chi connectivity index (χ1) is 16.0. The maximum absolute atomic E-state index is 14.0. The van der Waals surface area contributed by atoms with Gasteiger partial charge in [0.15, 0.2) is 5.78 Å². The van der Waals surface area contributed by atoms with Gasteiger partial charge in [-0.25, -0.2) is 4.39 Å². The van der Waals surface area contributed by atoms with Crippen molar-refractivity contribution >= 4 is 34.4 Å². The quantitative estimate of drug-likeness (QED) is 0.313. The maximum atomic E-state index is 14.0. The van der Waals surface area contributed by atoms with E-state index in [0.29, 0.717) is 34.7 Å². The van der Waals surface area contributed by atoms with E-state index >= 15 is 0 Å². The summed E-state index contributed by atoms with van der Waals surface area (Å²) in [6.07, 6.45) is 0.643. The fourth-order valence-electron chi connectivity index (χ4n) is 4.13. The molecule has 2 N–H and O–H groups in total. The Hall–Kier alpha value is -3.77. The Morgan fingerprint density at radius 3 is 2.48 bits per heavy atom. The van der Waals surface area contributed by atoms with Gasteiger partial charge in [0.2, 0.25) is 0 Å². The number of anilines is 2. The van der Waals surface area contributed by atoms with Crippen LogP contribution in [0.1, 0.15) is 31.2 Å². The number of fused-ring (bicyclic) bond motifs is 3. The smallest absolute Gasteiger partial charge is 0.258 e. The molecule has 1 aromatic heterocycles. The maximum Gasteiger partial charge on any atom is 0.258 e. The van der Waals surface area contributed by atoms with E-state index in [1.807, 2.05) is 30.3 Å². The summed E-state index contributed by atoms with van der Waals surface area (Å²) in [5.74, 6) is -0.565. The number of para-hydroxylation sites is 1. The number of hydrogen-bond donors (Lipinski definition) is 1. The second-order valence-corrected chi connectivity index (χ2v) is 9.05. The zero-order valence-electron chi connectivity index (χ0n) is 17.8. The number of thiophene rings is 1. The van der Waals surface area contributed by atoms with Gasteiger partial charge >= 0.3 is 0 Å². The summed E-state index contributed by atoms with van der Waals surface area (Å²) in [7, 11) is 0. The molecule has 6 heteroatoms. The monoisotopic (exact) mass is 456 g/mol. The summed E-state index contributed by atoms with van der Waals surface area (Å²) in [5, 5.41) is 0. The Balaban J connectivity index is 1.48. The topological polar surface area (TPSA) is 63.4 Å². The van der Waals surface area contributed by atoms with E-state index in [4.69, 9.17) is 5.73 Å². The van der Waals surface area contributed by atoms with Crippen LogP contribution in [-0.2, 0) is 12.8 Å². The molecule has 0 saturated carbocycles. The Kier molecular flexibility index (Phi) is 5.52. The third kappa shape index (κ3) is 4.05. The number of nitrogens with two attached hydrogens (primary N) is 1. The van der Waals surface area contributed by atoms with Crippen molar-refractivity contribution in [2.75, 3.05) is 17.2 Å². The zero-order chi connectivity index (χ0) is 22.9. The number of Topliss-reactive ketones (excluding diaryl/α,β-unsaturated/α-hetero) is 1. The Labute approximate surface area is 195 Å². The molecule has 164 valence electrons. The van der Waals surface area contributed by atoms with Gasteiger partial charge in [-0.3, -0.25) is 9.59 Å². The van der Waals surface area contributed by atoms with Crippen LogP contribution in [-0.4, -0.2) is 18.2 Å². The Bertz CT molecular complexity index is 1360. The first-order valence-electron chi connectivity index (χ1n) is 10.7. The summed E-state index contributed by atoms with van der Waals surface area (Å²) in [4.78, 5) is 29.6. The Morgan fingerprint density at radius 2 is 1.70 bits per heavy atom. The summed E-state index contributed by atoms with van der Waals surface area (Å²) >= 11 is 1.41. The van der Waals surface area contributed by atoms with Crippen LogP contribution >= 0.6 is 11.3 Å². The Morgan fingerprint density at radius 1 is 0.970 bits per heavy atom. The lowest BCUT2D eigenvalue weighted by molar-refractivity contribution is 0.0982. The van der Waals surface area contributed by atoms with Crippen LogP contribution < -0.4 is 10.6 Å². The molecule has 0 aliphatic carbocycles. The van der Waals surface area contributed by atoms with Gasteiger partial charge in [-0.1, -0.05) is 36.4 Å². The average Bonchev–Trinajstić information content (AvgIpc) is 3.19. The molecule has 0 atom stereocenters. The van der Waals surface area contributed by atoms with Crippen molar-refractivity contribution in [1.82, 2.24) is 0 Å². The van der Waals surface area contributed by atoms with Crippen molar-refractivity contribution in [2.45, 2.75) is 12.8 Å².